The highest BCUT2D eigenvalue weighted by atomic mass is 35.5. The van der Waals surface area contributed by atoms with Crippen LogP contribution in [0.5, 0.6) is 17.2 Å². The summed E-state index contributed by atoms with van der Waals surface area (Å²) in [6.07, 6.45) is 1.46. The molecule has 3 aromatic carbocycles. The van der Waals surface area contributed by atoms with Crippen LogP contribution in [0.4, 0.5) is 0 Å². The average molecular weight is 487 g/mol. The minimum atomic E-state index is -0.543. The standard InChI is InChI=1S/C24H20Cl2N2O5/c1-16-12-19(26)6-11-22(16)32-15-24(30)33-21-7-2-17(3-8-21)13-27-28-23(29)14-31-20-9-4-18(25)5-10-20/h2-13H,14-15H2,1H3,(H,28,29)/b27-13-. The molecule has 170 valence electrons. The van der Waals surface area contributed by atoms with Crippen LogP contribution in [-0.4, -0.2) is 31.3 Å². The summed E-state index contributed by atoms with van der Waals surface area (Å²) >= 11 is 11.7. The van der Waals surface area contributed by atoms with E-state index in [9.17, 15) is 9.59 Å². The molecule has 0 bridgehead atoms. The molecule has 0 saturated carbocycles. The topological polar surface area (TPSA) is 86.2 Å². The van der Waals surface area contributed by atoms with Gasteiger partial charge in [0.2, 0.25) is 0 Å². The molecule has 0 atom stereocenters. The maximum atomic E-state index is 12.0. The van der Waals surface area contributed by atoms with Crippen molar-refractivity contribution in [3.05, 3.63) is 87.9 Å². The summed E-state index contributed by atoms with van der Waals surface area (Å²) in [5.41, 5.74) is 3.89. The van der Waals surface area contributed by atoms with Gasteiger partial charge in [0.1, 0.15) is 17.2 Å². The van der Waals surface area contributed by atoms with Crippen molar-refractivity contribution >= 4 is 41.3 Å². The third-order valence-corrected chi connectivity index (χ3v) is 4.67. The van der Waals surface area contributed by atoms with Gasteiger partial charge in [0, 0.05) is 10.0 Å². The van der Waals surface area contributed by atoms with Crippen molar-refractivity contribution in [1.29, 1.82) is 0 Å². The largest absolute Gasteiger partial charge is 0.484 e. The first kappa shape index (κ1) is 24.1. The summed E-state index contributed by atoms with van der Waals surface area (Å²) in [6, 6.07) is 18.4. The minimum Gasteiger partial charge on any atom is -0.484 e. The molecule has 1 N–H and O–H groups in total. The fourth-order valence-corrected chi connectivity index (χ4v) is 2.94. The molecule has 3 rings (SSSR count). The van der Waals surface area contributed by atoms with Gasteiger partial charge in [-0.05, 0) is 84.8 Å². The van der Waals surface area contributed by atoms with Crippen LogP contribution >= 0.6 is 23.2 Å². The van der Waals surface area contributed by atoms with Crippen molar-refractivity contribution in [3.63, 3.8) is 0 Å². The zero-order valence-corrected chi connectivity index (χ0v) is 19.1. The molecule has 0 heterocycles. The fraction of sp³-hybridized carbons (Fsp3) is 0.125. The summed E-state index contributed by atoms with van der Waals surface area (Å²) in [5.74, 6) is 0.483. The van der Waals surface area contributed by atoms with Crippen LogP contribution in [0.15, 0.2) is 71.8 Å². The molecule has 0 fully saturated rings. The van der Waals surface area contributed by atoms with Gasteiger partial charge in [-0.25, -0.2) is 10.2 Å². The molecule has 1 amide bonds. The molecule has 0 saturated heterocycles. The highest BCUT2D eigenvalue weighted by molar-refractivity contribution is 6.30. The number of nitrogens with one attached hydrogen (secondary N) is 1. The number of carbonyl (C=O) groups is 2. The van der Waals surface area contributed by atoms with Crippen molar-refractivity contribution in [1.82, 2.24) is 5.43 Å². The number of rotatable bonds is 9. The van der Waals surface area contributed by atoms with Crippen molar-refractivity contribution < 1.29 is 23.8 Å². The van der Waals surface area contributed by atoms with Crippen LogP contribution in [0.2, 0.25) is 10.0 Å². The summed E-state index contributed by atoms with van der Waals surface area (Å²) in [7, 11) is 0. The number of benzene rings is 3. The first-order chi connectivity index (χ1) is 15.9. The molecule has 7 nitrogen and oxygen atoms in total. The van der Waals surface area contributed by atoms with Crippen LogP contribution in [-0.2, 0) is 9.59 Å². The van der Waals surface area contributed by atoms with E-state index < -0.39 is 11.9 Å². The number of aryl methyl sites for hydroxylation is 1. The van der Waals surface area contributed by atoms with Crippen LogP contribution in [0.1, 0.15) is 11.1 Å². The number of amides is 1. The van der Waals surface area contributed by atoms with Crippen LogP contribution in [0.3, 0.4) is 0 Å². The van der Waals surface area contributed by atoms with Crippen molar-refractivity contribution in [2.24, 2.45) is 5.10 Å². The predicted molar refractivity (Wildman–Crippen MR) is 126 cm³/mol. The molecule has 0 aliphatic heterocycles. The molecule has 0 aromatic heterocycles. The van der Waals surface area contributed by atoms with Crippen molar-refractivity contribution in [3.8, 4) is 17.2 Å². The van der Waals surface area contributed by atoms with Gasteiger partial charge < -0.3 is 14.2 Å². The van der Waals surface area contributed by atoms with E-state index in [1.54, 1.807) is 66.7 Å². The molecule has 0 radical (unpaired) electrons. The molecule has 33 heavy (non-hydrogen) atoms. The van der Waals surface area contributed by atoms with Gasteiger partial charge in [-0.2, -0.15) is 5.10 Å². The van der Waals surface area contributed by atoms with Crippen LogP contribution in [0, 0.1) is 6.92 Å². The second-order valence-electron chi connectivity index (χ2n) is 6.78. The molecule has 9 heteroatoms. The van der Waals surface area contributed by atoms with E-state index in [-0.39, 0.29) is 13.2 Å². The van der Waals surface area contributed by atoms with Gasteiger partial charge >= 0.3 is 5.97 Å². The Bertz CT molecular complexity index is 1130. The van der Waals surface area contributed by atoms with E-state index in [2.05, 4.69) is 10.5 Å². The monoisotopic (exact) mass is 486 g/mol. The second-order valence-corrected chi connectivity index (χ2v) is 7.65. The van der Waals surface area contributed by atoms with E-state index >= 15 is 0 Å². The lowest BCUT2D eigenvalue weighted by Crippen LogP contribution is -2.24. The fourth-order valence-electron chi connectivity index (χ4n) is 2.59. The van der Waals surface area contributed by atoms with Gasteiger partial charge in [0.05, 0.1) is 6.21 Å². The first-order valence-electron chi connectivity index (χ1n) is 9.79. The van der Waals surface area contributed by atoms with E-state index in [1.807, 2.05) is 6.92 Å². The number of esters is 1. The van der Waals surface area contributed by atoms with Gasteiger partial charge in [0.15, 0.2) is 13.2 Å². The normalized spacial score (nSPS) is 10.6. The molecule has 0 aliphatic carbocycles. The predicted octanol–water partition coefficient (Wildman–Crippen LogP) is 4.82. The summed E-state index contributed by atoms with van der Waals surface area (Å²) in [4.78, 5) is 23.8. The SMILES string of the molecule is Cc1cc(Cl)ccc1OCC(=O)Oc1ccc(/C=N\NC(=O)COc2ccc(Cl)cc2)cc1. The van der Waals surface area contributed by atoms with Crippen molar-refractivity contribution in [2.75, 3.05) is 13.2 Å². The number of hydrogen-bond acceptors (Lipinski definition) is 6. The molecule has 0 unspecified atom stereocenters. The number of hydrazone groups is 1. The quantitative estimate of drug-likeness (QED) is 0.203. The Morgan fingerprint density at radius 1 is 0.879 bits per heavy atom. The Labute approximate surface area is 200 Å². The molecular formula is C24H20Cl2N2O5. The third kappa shape index (κ3) is 8.14. The molecule has 0 spiro atoms. The number of nitrogens with zero attached hydrogens (tertiary/aromatic N) is 1. The van der Waals surface area contributed by atoms with Gasteiger partial charge in [-0.15, -0.1) is 0 Å². The minimum absolute atomic E-state index is 0.189. The Balaban J connectivity index is 1.40. The molecule has 0 aliphatic rings. The highest BCUT2D eigenvalue weighted by Gasteiger charge is 2.08. The lowest BCUT2D eigenvalue weighted by molar-refractivity contribution is -0.136. The lowest BCUT2D eigenvalue weighted by atomic mass is 10.2. The number of ether oxygens (including phenoxy) is 3. The van der Waals surface area contributed by atoms with E-state index in [1.165, 1.54) is 6.21 Å². The Morgan fingerprint density at radius 2 is 1.55 bits per heavy atom. The summed E-state index contributed by atoms with van der Waals surface area (Å²) in [6.45, 7) is 1.41. The zero-order chi connectivity index (χ0) is 23.6. The smallest absolute Gasteiger partial charge is 0.349 e. The number of halogens is 2. The second kappa shape index (κ2) is 11.9. The molecular weight excluding hydrogens is 467 g/mol. The van der Waals surface area contributed by atoms with Gasteiger partial charge in [-0.3, -0.25) is 4.79 Å². The van der Waals surface area contributed by atoms with Crippen LogP contribution in [0.25, 0.3) is 0 Å². The average Bonchev–Trinajstić information content (AvgIpc) is 2.79. The van der Waals surface area contributed by atoms with Gasteiger partial charge in [0.25, 0.3) is 5.91 Å². The van der Waals surface area contributed by atoms with E-state index in [4.69, 9.17) is 37.4 Å². The summed E-state index contributed by atoms with van der Waals surface area (Å²) < 4.78 is 16.0. The summed E-state index contributed by atoms with van der Waals surface area (Å²) in [5, 5.41) is 5.05. The Kier molecular flexibility index (Phi) is 8.69. The first-order valence-corrected chi connectivity index (χ1v) is 10.5. The lowest BCUT2D eigenvalue weighted by Gasteiger charge is -2.09. The number of hydrogen-bond donors (Lipinski definition) is 1. The Hall–Kier alpha value is -3.55. The third-order valence-electron chi connectivity index (χ3n) is 4.18. The van der Waals surface area contributed by atoms with E-state index in [0.29, 0.717) is 32.9 Å². The van der Waals surface area contributed by atoms with Crippen molar-refractivity contribution in [2.45, 2.75) is 6.92 Å². The van der Waals surface area contributed by atoms with E-state index in [0.717, 1.165) is 5.56 Å². The maximum Gasteiger partial charge on any atom is 0.349 e. The Morgan fingerprint density at radius 3 is 2.24 bits per heavy atom. The van der Waals surface area contributed by atoms with Gasteiger partial charge in [-0.1, -0.05) is 23.2 Å². The molecule has 3 aromatic rings. The number of carbonyl (C=O) groups excluding carboxylic acids is 2. The maximum absolute atomic E-state index is 12.0. The van der Waals surface area contributed by atoms with Crippen LogP contribution < -0.4 is 19.6 Å². The zero-order valence-electron chi connectivity index (χ0n) is 17.6. The highest BCUT2D eigenvalue weighted by Crippen LogP contribution is 2.22.